The van der Waals surface area contributed by atoms with Gasteiger partial charge in [0.25, 0.3) is 5.91 Å². The van der Waals surface area contributed by atoms with Crippen LogP contribution in [0.15, 0.2) is 18.2 Å². The third-order valence-electron chi connectivity index (χ3n) is 3.88. The van der Waals surface area contributed by atoms with Crippen molar-refractivity contribution < 1.29 is 18.0 Å². The number of rotatable bonds is 3. The molecule has 6 heteroatoms. The number of anilines is 1. The highest BCUT2D eigenvalue weighted by Gasteiger charge is 2.36. The predicted molar refractivity (Wildman–Crippen MR) is 70.1 cm³/mol. The number of carbonyl (C=O) groups is 1. The van der Waals surface area contributed by atoms with Gasteiger partial charge in [0.2, 0.25) is 0 Å². The van der Waals surface area contributed by atoms with Crippen molar-refractivity contribution in [2.24, 2.45) is 5.92 Å². The van der Waals surface area contributed by atoms with Crippen LogP contribution < -0.4 is 5.73 Å². The van der Waals surface area contributed by atoms with Gasteiger partial charge in [-0.05, 0) is 37.8 Å². The molecule has 1 aliphatic carbocycles. The van der Waals surface area contributed by atoms with E-state index in [4.69, 9.17) is 5.73 Å². The van der Waals surface area contributed by atoms with Gasteiger partial charge in [0.05, 0.1) is 16.8 Å². The number of carbonyl (C=O) groups excluding carboxylic acids is 1. The molecular formula is C14H17F3N2O. The number of nitrogens with two attached hydrogens (primary N) is 1. The molecule has 1 saturated carbocycles. The normalized spacial score (nSPS) is 16.9. The van der Waals surface area contributed by atoms with E-state index < -0.39 is 23.3 Å². The fourth-order valence-corrected chi connectivity index (χ4v) is 2.27. The first-order chi connectivity index (χ1) is 9.23. The smallest absolute Gasteiger partial charge is 0.398 e. The van der Waals surface area contributed by atoms with Crippen molar-refractivity contribution in [3.63, 3.8) is 0 Å². The summed E-state index contributed by atoms with van der Waals surface area (Å²) in [6, 6.07) is 3.44. The number of halogens is 3. The van der Waals surface area contributed by atoms with Gasteiger partial charge < -0.3 is 10.6 Å². The minimum Gasteiger partial charge on any atom is -0.398 e. The maximum absolute atomic E-state index is 12.8. The third-order valence-corrected chi connectivity index (χ3v) is 3.88. The molecule has 1 unspecified atom stereocenters. The summed E-state index contributed by atoms with van der Waals surface area (Å²) in [5, 5.41) is 0. The van der Waals surface area contributed by atoms with Gasteiger partial charge in [0, 0.05) is 13.1 Å². The van der Waals surface area contributed by atoms with E-state index in [0.29, 0.717) is 5.92 Å². The molecule has 1 amide bonds. The molecule has 110 valence electrons. The van der Waals surface area contributed by atoms with Crippen molar-refractivity contribution >= 4 is 11.6 Å². The monoisotopic (exact) mass is 286 g/mol. The van der Waals surface area contributed by atoms with Crippen LogP contribution in [0.25, 0.3) is 0 Å². The second kappa shape index (κ2) is 5.00. The molecule has 0 saturated heterocycles. The lowest BCUT2D eigenvalue weighted by Gasteiger charge is -2.26. The van der Waals surface area contributed by atoms with Gasteiger partial charge in [-0.1, -0.05) is 6.07 Å². The van der Waals surface area contributed by atoms with E-state index in [1.165, 1.54) is 17.0 Å². The molecule has 0 heterocycles. The van der Waals surface area contributed by atoms with Gasteiger partial charge in [-0.3, -0.25) is 4.79 Å². The van der Waals surface area contributed by atoms with E-state index >= 15 is 0 Å². The molecule has 2 rings (SSSR count). The number of para-hydroxylation sites is 1. The summed E-state index contributed by atoms with van der Waals surface area (Å²) < 4.78 is 38.4. The molecule has 1 aromatic carbocycles. The van der Waals surface area contributed by atoms with Gasteiger partial charge in [0.1, 0.15) is 0 Å². The summed E-state index contributed by atoms with van der Waals surface area (Å²) in [7, 11) is 1.60. The van der Waals surface area contributed by atoms with Gasteiger partial charge in [-0.25, -0.2) is 0 Å². The highest BCUT2D eigenvalue weighted by Crippen LogP contribution is 2.37. The summed E-state index contributed by atoms with van der Waals surface area (Å²) in [6.07, 6.45) is -2.45. The molecule has 20 heavy (non-hydrogen) atoms. The van der Waals surface area contributed by atoms with E-state index in [0.717, 1.165) is 18.9 Å². The maximum atomic E-state index is 12.8. The van der Waals surface area contributed by atoms with Crippen LogP contribution in [0.3, 0.4) is 0 Å². The Morgan fingerprint density at radius 2 is 2.00 bits per heavy atom. The standard InChI is InChI=1S/C14H17F3N2O/c1-8(9-6-7-9)19(2)13(20)10-4-3-5-11(12(10)18)14(15,16)17/h3-5,8-9H,6-7,18H2,1-2H3. The van der Waals surface area contributed by atoms with Crippen molar-refractivity contribution in [2.75, 3.05) is 12.8 Å². The zero-order valence-corrected chi connectivity index (χ0v) is 11.4. The van der Waals surface area contributed by atoms with E-state index in [-0.39, 0.29) is 11.6 Å². The van der Waals surface area contributed by atoms with E-state index in [2.05, 4.69) is 0 Å². The molecule has 3 nitrogen and oxygen atoms in total. The largest absolute Gasteiger partial charge is 0.418 e. The Hall–Kier alpha value is -1.72. The minimum absolute atomic E-state index is 0.0106. The predicted octanol–water partition coefficient (Wildman–Crippen LogP) is 3.16. The van der Waals surface area contributed by atoms with Crippen LogP contribution >= 0.6 is 0 Å². The number of nitrogens with zero attached hydrogens (tertiary/aromatic N) is 1. The van der Waals surface area contributed by atoms with Gasteiger partial charge in [-0.15, -0.1) is 0 Å². The maximum Gasteiger partial charge on any atom is 0.418 e. The lowest BCUT2D eigenvalue weighted by atomic mass is 10.0. The van der Waals surface area contributed by atoms with E-state index in [9.17, 15) is 18.0 Å². The van der Waals surface area contributed by atoms with Gasteiger partial charge in [-0.2, -0.15) is 13.2 Å². The molecule has 1 fully saturated rings. The number of benzene rings is 1. The van der Waals surface area contributed by atoms with Crippen molar-refractivity contribution in [3.05, 3.63) is 29.3 Å². The van der Waals surface area contributed by atoms with Crippen molar-refractivity contribution in [2.45, 2.75) is 32.0 Å². The Morgan fingerprint density at radius 3 is 2.50 bits per heavy atom. The number of nitrogen functional groups attached to an aromatic ring is 1. The average molecular weight is 286 g/mol. The van der Waals surface area contributed by atoms with Gasteiger partial charge in [0.15, 0.2) is 0 Å². The highest BCUT2D eigenvalue weighted by molar-refractivity contribution is 5.99. The van der Waals surface area contributed by atoms with Crippen LogP contribution in [0.5, 0.6) is 0 Å². The summed E-state index contributed by atoms with van der Waals surface area (Å²) in [4.78, 5) is 13.8. The molecule has 0 radical (unpaired) electrons. The average Bonchev–Trinajstić information content (AvgIpc) is 3.19. The minimum atomic E-state index is -4.55. The first-order valence-corrected chi connectivity index (χ1v) is 6.46. The molecule has 0 spiro atoms. The van der Waals surface area contributed by atoms with Crippen LogP contribution in [-0.4, -0.2) is 23.9 Å². The van der Waals surface area contributed by atoms with Crippen molar-refractivity contribution in [1.29, 1.82) is 0 Å². The second-order valence-electron chi connectivity index (χ2n) is 5.26. The first-order valence-electron chi connectivity index (χ1n) is 6.46. The molecule has 1 atom stereocenters. The Kier molecular flexibility index (Phi) is 3.67. The van der Waals surface area contributed by atoms with E-state index in [1.807, 2.05) is 6.92 Å². The van der Waals surface area contributed by atoms with E-state index in [1.54, 1.807) is 7.05 Å². The quantitative estimate of drug-likeness (QED) is 0.868. The number of amides is 1. The number of hydrogen-bond acceptors (Lipinski definition) is 2. The molecule has 2 N–H and O–H groups in total. The molecular weight excluding hydrogens is 269 g/mol. The first kappa shape index (κ1) is 14.7. The lowest BCUT2D eigenvalue weighted by Crippen LogP contribution is -2.37. The number of alkyl halides is 3. The summed E-state index contributed by atoms with van der Waals surface area (Å²) in [5.74, 6) is -0.0241. The van der Waals surface area contributed by atoms with Crippen LogP contribution in [0.4, 0.5) is 18.9 Å². The Balaban J connectivity index is 2.30. The molecule has 0 aromatic heterocycles. The molecule has 0 bridgehead atoms. The van der Waals surface area contributed by atoms with Crippen molar-refractivity contribution in [3.8, 4) is 0 Å². The second-order valence-corrected chi connectivity index (χ2v) is 5.26. The highest BCUT2D eigenvalue weighted by atomic mass is 19.4. The van der Waals surface area contributed by atoms with Crippen LogP contribution in [0, 0.1) is 5.92 Å². The van der Waals surface area contributed by atoms with Crippen LogP contribution in [-0.2, 0) is 6.18 Å². The molecule has 1 aromatic rings. The Bertz CT molecular complexity index is 524. The molecule has 1 aliphatic rings. The fourth-order valence-electron chi connectivity index (χ4n) is 2.27. The summed E-state index contributed by atoms with van der Waals surface area (Å²) in [6.45, 7) is 1.90. The summed E-state index contributed by atoms with van der Waals surface area (Å²) in [5.41, 5.74) is 3.98. The Labute approximate surface area is 115 Å². The lowest BCUT2D eigenvalue weighted by molar-refractivity contribution is -0.136. The zero-order chi connectivity index (χ0) is 15.1. The topological polar surface area (TPSA) is 46.3 Å². The number of hydrogen-bond donors (Lipinski definition) is 1. The van der Waals surface area contributed by atoms with Crippen LogP contribution in [0.2, 0.25) is 0 Å². The fraction of sp³-hybridized carbons (Fsp3) is 0.500. The van der Waals surface area contributed by atoms with Gasteiger partial charge >= 0.3 is 6.18 Å². The summed E-state index contributed by atoms with van der Waals surface area (Å²) >= 11 is 0. The SMILES string of the molecule is CC(C1CC1)N(C)C(=O)c1cccc(C(F)(F)F)c1N. The Morgan fingerprint density at radius 1 is 1.40 bits per heavy atom. The third kappa shape index (κ3) is 2.73. The molecule has 0 aliphatic heterocycles. The van der Waals surface area contributed by atoms with Crippen LogP contribution in [0.1, 0.15) is 35.7 Å². The zero-order valence-electron chi connectivity index (χ0n) is 11.4. The van der Waals surface area contributed by atoms with Crippen molar-refractivity contribution in [1.82, 2.24) is 4.90 Å².